The first-order chi connectivity index (χ1) is 11.4. The molecule has 24 heavy (non-hydrogen) atoms. The van der Waals surface area contributed by atoms with Gasteiger partial charge in [-0.2, -0.15) is 5.10 Å². The van der Waals surface area contributed by atoms with Gasteiger partial charge in [-0.15, -0.1) is 0 Å². The summed E-state index contributed by atoms with van der Waals surface area (Å²) < 4.78 is 28.8. The maximum atomic E-state index is 13.9. The molecule has 2 aromatic heterocycles. The molecule has 0 radical (unpaired) electrons. The third-order valence-corrected chi connectivity index (χ3v) is 4.12. The van der Waals surface area contributed by atoms with Gasteiger partial charge in [0.25, 0.3) is 5.56 Å². The highest BCUT2D eigenvalue weighted by molar-refractivity contribution is 5.72. The molecule has 0 amide bonds. The largest absolute Gasteiger partial charge is 0.309 e. The van der Waals surface area contributed by atoms with Crippen molar-refractivity contribution in [3.05, 3.63) is 57.8 Å². The Hall–Kier alpha value is -2.61. The number of nitrogens with one attached hydrogen (secondary N) is 1. The molecule has 1 aromatic carbocycles. The van der Waals surface area contributed by atoms with Gasteiger partial charge in [0, 0.05) is 18.7 Å². The lowest BCUT2D eigenvalue weighted by atomic mass is 10.1. The van der Waals surface area contributed by atoms with E-state index in [1.54, 1.807) is 25.9 Å². The van der Waals surface area contributed by atoms with E-state index in [1.165, 1.54) is 16.9 Å². The van der Waals surface area contributed by atoms with Crippen LogP contribution in [-0.2, 0) is 13.6 Å². The van der Waals surface area contributed by atoms with Crippen molar-refractivity contribution in [1.82, 2.24) is 24.6 Å². The van der Waals surface area contributed by atoms with Gasteiger partial charge in [0.1, 0.15) is 22.8 Å². The average Bonchev–Trinajstić information content (AvgIpc) is 2.91. The van der Waals surface area contributed by atoms with Gasteiger partial charge in [-0.3, -0.25) is 14.4 Å². The fourth-order valence-electron chi connectivity index (χ4n) is 2.60. The fraction of sp³-hybridized carbons (Fsp3) is 0.312. The lowest BCUT2D eigenvalue weighted by Gasteiger charge is -2.24. The van der Waals surface area contributed by atoms with Gasteiger partial charge in [-0.1, -0.05) is 0 Å². The van der Waals surface area contributed by atoms with Crippen LogP contribution in [0, 0.1) is 11.6 Å². The Kier molecular flexibility index (Phi) is 4.15. The van der Waals surface area contributed by atoms with Crippen molar-refractivity contribution >= 4 is 11.0 Å². The van der Waals surface area contributed by atoms with Crippen LogP contribution in [0.3, 0.4) is 0 Å². The first-order valence-corrected chi connectivity index (χ1v) is 7.43. The molecular formula is C16H17F2N5O. The van der Waals surface area contributed by atoms with Crippen LogP contribution in [-0.4, -0.2) is 31.7 Å². The number of aromatic amines is 1. The number of nitrogens with zero attached hydrogens (tertiary/aromatic N) is 4. The van der Waals surface area contributed by atoms with Crippen LogP contribution in [0.1, 0.15) is 24.4 Å². The van der Waals surface area contributed by atoms with E-state index < -0.39 is 17.7 Å². The van der Waals surface area contributed by atoms with Crippen molar-refractivity contribution in [2.24, 2.45) is 7.05 Å². The Labute approximate surface area is 136 Å². The summed E-state index contributed by atoms with van der Waals surface area (Å²) in [6, 6.07) is 2.97. The molecule has 126 valence electrons. The van der Waals surface area contributed by atoms with Crippen LogP contribution >= 0.6 is 0 Å². The predicted molar refractivity (Wildman–Crippen MR) is 85.4 cm³/mol. The molecule has 0 aliphatic rings. The molecule has 0 saturated heterocycles. The number of halogens is 2. The van der Waals surface area contributed by atoms with E-state index in [0.29, 0.717) is 16.9 Å². The maximum absolute atomic E-state index is 13.9. The minimum absolute atomic E-state index is 0.251. The van der Waals surface area contributed by atoms with E-state index in [1.807, 2.05) is 0 Å². The van der Waals surface area contributed by atoms with Crippen molar-refractivity contribution in [3.8, 4) is 0 Å². The molecule has 6 nitrogen and oxygen atoms in total. The van der Waals surface area contributed by atoms with Gasteiger partial charge in [0.15, 0.2) is 5.65 Å². The van der Waals surface area contributed by atoms with E-state index in [4.69, 9.17) is 0 Å². The molecule has 1 atom stereocenters. The molecule has 2 heterocycles. The van der Waals surface area contributed by atoms with Crippen molar-refractivity contribution < 1.29 is 8.78 Å². The van der Waals surface area contributed by atoms with Gasteiger partial charge in [0.2, 0.25) is 0 Å². The summed E-state index contributed by atoms with van der Waals surface area (Å²) in [4.78, 5) is 20.9. The third kappa shape index (κ3) is 2.92. The number of hydrogen-bond donors (Lipinski definition) is 1. The highest BCUT2D eigenvalue weighted by Crippen LogP contribution is 2.23. The number of aromatic nitrogens is 4. The fourth-order valence-corrected chi connectivity index (χ4v) is 2.60. The predicted octanol–water partition coefficient (Wildman–Crippen LogP) is 2.13. The third-order valence-electron chi connectivity index (χ3n) is 4.12. The van der Waals surface area contributed by atoms with Crippen LogP contribution in [0.2, 0.25) is 0 Å². The first kappa shape index (κ1) is 16.3. The zero-order valence-corrected chi connectivity index (χ0v) is 13.5. The van der Waals surface area contributed by atoms with Crippen LogP contribution in [0.25, 0.3) is 11.0 Å². The second-order valence-corrected chi connectivity index (χ2v) is 5.78. The monoisotopic (exact) mass is 333 g/mol. The molecule has 1 unspecified atom stereocenters. The summed E-state index contributed by atoms with van der Waals surface area (Å²) in [6.07, 6.45) is 1.46. The van der Waals surface area contributed by atoms with Gasteiger partial charge >= 0.3 is 0 Å². The summed E-state index contributed by atoms with van der Waals surface area (Å²) in [6.45, 7) is 2.03. The van der Waals surface area contributed by atoms with E-state index in [0.717, 1.165) is 12.1 Å². The average molecular weight is 333 g/mol. The number of H-pyrrole nitrogens is 1. The van der Waals surface area contributed by atoms with Crippen molar-refractivity contribution in [2.75, 3.05) is 7.05 Å². The van der Waals surface area contributed by atoms with Crippen molar-refractivity contribution in [3.63, 3.8) is 0 Å². The second kappa shape index (κ2) is 6.12. The number of aryl methyl sites for hydroxylation is 1. The van der Waals surface area contributed by atoms with Crippen molar-refractivity contribution in [2.45, 2.75) is 19.5 Å². The second-order valence-electron chi connectivity index (χ2n) is 5.78. The van der Waals surface area contributed by atoms with E-state index in [-0.39, 0.29) is 17.7 Å². The SMILES string of the molecule is CC(c1cc(F)ccc1F)N(C)Cc1nc2c(cnn2C)c(=O)[nH]1. The summed E-state index contributed by atoms with van der Waals surface area (Å²) >= 11 is 0. The molecule has 0 spiro atoms. The molecule has 0 bridgehead atoms. The highest BCUT2D eigenvalue weighted by Gasteiger charge is 2.18. The quantitative estimate of drug-likeness (QED) is 0.794. The summed E-state index contributed by atoms with van der Waals surface area (Å²) in [7, 11) is 3.45. The molecule has 0 aliphatic heterocycles. The number of benzene rings is 1. The number of rotatable bonds is 4. The standard InChI is InChI=1S/C16H17F2N5O/c1-9(11-6-10(17)4-5-13(11)18)22(2)8-14-20-15-12(16(24)21-14)7-19-23(15)3/h4-7,9H,8H2,1-3H3,(H,20,21,24). The Morgan fingerprint density at radius 1 is 1.38 bits per heavy atom. The van der Waals surface area contributed by atoms with Crippen molar-refractivity contribution in [1.29, 1.82) is 0 Å². The number of fused-ring (bicyclic) bond motifs is 1. The minimum atomic E-state index is -0.491. The maximum Gasteiger partial charge on any atom is 0.262 e. The molecule has 0 aliphatic carbocycles. The van der Waals surface area contributed by atoms with Gasteiger partial charge in [-0.05, 0) is 32.2 Å². The first-order valence-electron chi connectivity index (χ1n) is 7.43. The molecule has 0 saturated carbocycles. The van der Waals surface area contributed by atoms with E-state index in [2.05, 4.69) is 15.1 Å². The summed E-state index contributed by atoms with van der Waals surface area (Å²) in [5.74, 6) is -0.531. The van der Waals surface area contributed by atoms with Crippen LogP contribution < -0.4 is 5.56 Å². The summed E-state index contributed by atoms with van der Waals surface area (Å²) in [5.41, 5.74) is 0.453. The normalized spacial score (nSPS) is 12.9. The Morgan fingerprint density at radius 3 is 2.88 bits per heavy atom. The Morgan fingerprint density at radius 2 is 2.12 bits per heavy atom. The molecule has 0 fully saturated rings. The topological polar surface area (TPSA) is 66.8 Å². The number of hydrogen-bond acceptors (Lipinski definition) is 4. The van der Waals surface area contributed by atoms with Crippen LogP contribution in [0.15, 0.2) is 29.2 Å². The zero-order valence-electron chi connectivity index (χ0n) is 13.5. The molecule has 1 N–H and O–H groups in total. The van der Waals surface area contributed by atoms with Gasteiger partial charge < -0.3 is 4.98 Å². The lowest BCUT2D eigenvalue weighted by Crippen LogP contribution is -2.25. The van der Waals surface area contributed by atoms with E-state index >= 15 is 0 Å². The minimum Gasteiger partial charge on any atom is -0.309 e. The van der Waals surface area contributed by atoms with Crippen LogP contribution in [0.4, 0.5) is 8.78 Å². The molecule has 3 rings (SSSR count). The summed E-state index contributed by atoms with van der Waals surface area (Å²) in [5, 5.41) is 4.42. The molecule has 3 aromatic rings. The Bertz CT molecular complexity index is 949. The van der Waals surface area contributed by atoms with E-state index in [9.17, 15) is 13.6 Å². The van der Waals surface area contributed by atoms with Crippen LogP contribution in [0.5, 0.6) is 0 Å². The van der Waals surface area contributed by atoms with Gasteiger partial charge in [-0.25, -0.2) is 13.8 Å². The Balaban J connectivity index is 1.89. The lowest BCUT2D eigenvalue weighted by molar-refractivity contribution is 0.241. The molecular weight excluding hydrogens is 316 g/mol. The molecule has 8 heteroatoms. The highest BCUT2D eigenvalue weighted by atomic mass is 19.1. The van der Waals surface area contributed by atoms with Gasteiger partial charge in [0.05, 0.1) is 12.7 Å². The smallest absolute Gasteiger partial charge is 0.262 e. The zero-order chi connectivity index (χ0) is 17.4.